The highest BCUT2D eigenvalue weighted by molar-refractivity contribution is 7.98. The average Bonchev–Trinajstić information content (AvgIpc) is 2.73. The zero-order chi connectivity index (χ0) is 20.9. The Morgan fingerprint density at radius 1 is 1.07 bits per heavy atom. The lowest BCUT2D eigenvalue weighted by Crippen LogP contribution is -2.49. The number of piperazine rings is 1. The van der Waals surface area contributed by atoms with Crippen molar-refractivity contribution in [2.24, 2.45) is 0 Å². The highest BCUT2D eigenvalue weighted by Gasteiger charge is 2.29. The van der Waals surface area contributed by atoms with Crippen LogP contribution in [0.15, 0.2) is 58.3 Å². The third-order valence-electron chi connectivity index (χ3n) is 4.82. The fourth-order valence-corrected chi connectivity index (χ4v) is 5.68. The fraction of sp³-hybridized carbons (Fsp3) is 0.350. The molecule has 0 radical (unpaired) electrons. The number of rotatable bonds is 7. The van der Waals surface area contributed by atoms with Gasteiger partial charge < -0.3 is 10.2 Å². The molecule has 2 aromatic carbocycles. The van der Waals surface area contributed by atoms with Crippen molar-refractivity contribution in [1.82, 2.24) is 9.21 Å². The second-order valence-electron chi connectivity index (χ2n) is 6.67. The van der Waals surface area contributed by atoms with Crippen molar-refractivity contribution in [2.75, 3.05) is 44.3 Å². The van der Waals surface area contributed by atoms with E-state index in [1.165, 1.54) is 10.4 Å². The van der Waals surface area contributed by atoms with Crippen LogP contribution in [-0.2, 0) is 14.8 Å². The number of para-hydroxylation sites is 1. The van der Waals surface area contributed by atoms with Crippen molar-refractivity contribution >= 4 is 45.0 Å². The molecule has 1 saturated heterocycles. The van der Waals surface area contributed by atoms with Crippen molar-refractivity contribution in [3.63, 3.8) is 0 Å². The number of nitrogens with one attached hydrogen (secondary N) is 1. The fourth-order valence-electron chi connectivity index (χ4n) is 3.21. The molecule has 0 spiro atoms. The first kappa shape index (κ1) is 22.1. The van der Waals surface area contributed by atoms with Gasteiger partial charge in [0.25, 0.3) is 0 Å². The Kier molecular flexibility index (Phi) is 7.59. The molecule has 1 fully saturated rings. The third kappa shape index (κ3) is 5.52. The quantitative estimate of drug-likeness (QED) is 0.650. The number of hydrogen-bond acceptors (Lipinski definition) is 5. The second kappa shape index (κ2) is 9.95. The molecule has 1 aliphatic heterocycles. The molecule has 0 aliphatic carbocycles. The predicted octanol–water partition coefficient (Wildman–Crippen LogP) is 3.40. The Morgan fingerprint density at radius 3 is 2.41 bits per heavy atom. The summed E-state index contributed by atoms with van der Waals surface area (Å²) in [6, 6.07) is 14.2. The van der Waals surface area contributed by atoms with Crippen LogP contribution >= 0.6 is 23.4 Å². The van der Waals surface area contributed by atoms with Gasteiger partial charge >= 0.3 is 0 Å². The maximum absolute atomic E-state index is 12.8. The molecular weight excluding hydrogens is 430 g/mol. The van der Waals surface area contributed by atoms with Crippen LogP contribution in [0.3, 0.4) is 0 Å². The van der Waals surface area contributed by atoms with Crippen molar-refractivity contribution < 1.29 is 13.2 Å². The van der Waals surface area contributed by atoms with Gasteiger partial charge in [0, 0.05) is 44.0 Å². The van der Waals surface area contributed by atoms with Crippen molar-refractivity contribution in [3.8, 4) is 0 Å². The molecule has 0 unspecified atom stereocenters. The Morgan fingerprint density at radius 2 is 1.72 bits per heavy atom. The molecule has 1 amide bonds. The maximum Gasteiger partial charge on any atom is 0.244 e. The van der Waals surface area contributed by atoms with Gasteiger partial charge in [0.05, 0.1) is 10.7 Å². The van der Waals surface area contributed by atoms with Crippen LogP contribution in [0.4, 0.5) is 5.69 Å². The number of carbonyl (C=O) groups is 1. The molecule has 1 aliphatic rings. The first-order valence-electron chi connectivity index (χ1n) is 9.31. The predicted molar refractivity (Wildman–Crippen MR) is 118 cm³/mol. The van der Waals surface area contributed by atoms with Crippen LogP contribution in [0.2, 0.25) is 5.02 Å². The summed E-state index contributed by atoms with van der Waals surface area (Å²) in [6.07, 6.45) is 2.33. The molecule has 0 bridgehead atoms. The van der Waals surface area contributed by atoms with Gasteiger partial charge in [0.15, 0.2) is 0 Å². The van der Waals surface area contributed by atoms with Gasteiger partial charge in [0.2, 0.25) is 15.9 Å². The minimum Gasteiger partial charge on any atom is -0.325 e. The molecule has 6 nitrogen and oxygen atoms in total. The molecule has 9 heteroatoms. The van der Waals surface area contributed by atoms with Crippen molar-refractivity contribution in [2.45, 2.75) is 16.2 Å². The van der Waals surface area contributed by atoms with E-state index in [4.69, 9.17) is 11.6 Å². The number of hydrogen-bond donors (Lipinski definition) is 1. The lowest BCUT2D eigenvalue weighted by molar-refractivity contribution is -0.116. The van der Waals surface area contributed by atoms with Gasteiger partial charge in [-0.1, -0.05) is 35.9 Å². The summed E-state index contributed by atoms with van der Waals surface area (Å²) < 4.78 is 27.1. The SMILES string of the molecule is CSc1ccccc1NC(=O)CCN1CCN(S(=O)(=O)c2ccccc2Cl)CC1. The van der Waals surface area contributed by atoms with E-state index in [1.54, 1.807) is 30.0 Å². The van der Waals surface area contributed by atoms with Crippen LogP contribution in [0.5, 0.6) is 0 Å². The number of halogens is 1. The standard InChI is InChI=1S/C20H24ClN3O3S2/c1-28-18-8-4-3-7-17(18)22-20(25)10-11-23-12-14-24(15-13-23)29(26,27)19-9-5-2-6-16(19)21/h2-9H,10-15H2,1H3,(H,22,25). The number of benzene rings is 2. The Balaban J connectivity index is 1.50. The van der Waals surface area contributed by atoms with Gasteiger partial charge in [-0.25, -0.2) is 8.42 Å². The lowest BCUT2D eigenvalue weighted by Gasteiger charge is -2.34. The van der Waals surface area contributed by atoms with E-state index in [1.807, 2.05) is 30.5 Å². The summed E-state index contributed by atoms with van der Waals surface area (Å²) in [7, 11) is -3.60. The molecule has 29 heavy (non-hydrogen) atoms. The molecule has 0 saturated carbocycles. The first-order chi connectivity index (χ1) is 13.9. The molecule has 1 N–H and O–H groups in total. The van der Waals surface area contributed by atoms with Crippen LogP contribution in [0, 0.1) is 0 Å². The van der Waals surface area contributed by atoms with Gasteiger partial charge in [-0.3, -0.25) is 4.79 Å². The third-order valence-corrected chi connectivity index (χ3v) is 8.02. The van der Waals surface area contributed by atoms with Crippen molar-refractivity contribution in [1.29, 1.82) is 0 Å². The molecular formula is C20H24ClN3O3S2. The Hall–Kier alpha value is -1.58. The average molecular weight is 454 g/mol. The van der Waals surface area contributed by atoms with Gasteiger partial charge in [-0.05, 0) is 30.5 Å². The molecule has 0 aromatic heterocycles. The number of sulfonamides is 1. The first-order valence-corrected chi connectivity index (χ1v) is 12.4. The normalized spacial score (nSPS) is 15.9. The minimum atomic E-state index is -3.60. The smallest absolute Gasteiger partial charge is 0.244 e. The maximum atomic E-state index is 12.8. The molecule has 1 heterocycles. The number of carbonyl (C=O) groups excluding carboxylic acids is 1. The van der Waals surface area contributed by atoms with Gasteiger partial charge in [-0.15, -0.1) is 11.8 Å². The van der Waals surface area contributed by atoms with E-state index < -0.39 is 10.0 Å². The lowest BCUT2D eigenvalue weighted by atomic mass is 10.3. The second-order valence-corrected chi connectivity index (χ2v) is 9.84. The monoisotopic (exact) mass is 453 g/mol. The summed E-state index contributed by atoms with van der Waals surface area (Å²) in [4.78, 5) is 15.6. The van der Waals surface area contributed by atoms with E-state index in [0.29, 0.717) is 39.1 Å². The molecule has 156 valence electrons. The summed E-state index contributed by atoms with van der Waals surface area (Å²) in [5.74, 6) is -0.0439. The Labute approximate surface area is 181 Å². The molecule has 2 aromatic rings. The number of thioether (sulfide) groups is 1. The summed E-state index contributed by atoms with van der Waals surface area (Å²) >= 11 is 7.66. The van der Waals surface area contributed by atoms with E-state index >= 15 is 0 Å². The van der Waals surface area contributed by atoms with Crippen LogP contribution in [0.1, 0.15) is 6.42 Å². The highest BCUT2D eigenvalue weighted by Crippen LogP contribution is 2.26. The highest BCUT2D eigenvalue weighted by atomic mass is 35.5. The number of amides is 1. The van der Waals surface area contributed by atoms with E-state index in [-0.39, 0.29) is 15.8 Å². The number of anilines is 1. The van der Waals surface area contributed by atoms with Crippen LogP contribution in [-0.4, -0.2) is 62.5 Å². The topological polar surface area (TPSA) is 69.7 Å². The Bertz CT molecular complexity index is 961. The van der Waals surface area contributed by atoms with Crippen molar-refractivity contribution in [3.05, 3.63) is 53.6 Å². The van der Waals surface area contributed by atoms with Crippen LogP contribution in [0.25, 0.3) is 0 Å². The summed E-state index contributed by atoms with van der Waals surface area (Å²) in [5.41, 5.74) is 0.820. The van der Waals surface area contributed by atoms with E-state index in [2.05, 4.69) is 10.2 Å². The summed E-state index contributed by atoms with van der Waals surface area (Å²) in [5, 5.41) is 3.19. The zero-order valence-corrected chi connectivity index (χ0v) is 18.6. The summed E-state index contributed by atoms with van der Waals surface area (Å²) in [6.45, 7) is 2.51. The van der Waals surface area contributed by atoms with E-state index in [9.17, 15) is 13.2 Å². The molecule has 0 atom stereocenters. The van der Waals surface area contributed by atoms with Crippen LogP contribution < -0.4 is 5.32 Å². The van der Waals surface area contributed by atoms with Gasteiger partial charge in [-0.2, -0.15) is 4.31 Å². The molecule has 3 rings (SSSR count). The minimum absolute atomic E-state index is 0.0439. The zero-order valence-electron chi connectivity index (χ0n) is 16.2. The largest absolute Gasteiger partial charge is 0.325 e. The van der Waals surface area contributed by atoms with E-state index in [0.717, 1.165) is 10.6 Å². The van der Waals surface area contributed by atoms with Gasteiger partial charge in [0.1, 0.15) is 4.90 Å². The number of nitrogens with zero attached hydrogens (tertiary/aromatic N) is 2.